The smallest absolute Gasteiger partial charge is 0.221 e. The number of nitrogens with two attached hydrogens (primary N) is 1. The van der Waals surface area contributed by atoms with Gasteiger partial charge in [0.25, 0.3) is 0 Å². The van der Waals surface area contributed by atoms with Crippen LogP contribution >= 0.6 is 0 Å². The summed E-state index contributed by atoms with van der Waals surface area (Å²) in [5.74, 6) is 1.71. The van der Waals surface area contributed by atoms with Gasteiger partial charge in [-0.1, -0.05) is 25.0 Å². The first-order chi connectivity index (χ1) is 9.70. The highest BCUT2D eigenvalue weighted by Gasteiger charge is 2.34. The predicted octanol–water partition coefficient (Wildman–Crippen LogP) is 3.10. The van der Waals surface area contributed by atoms with Crippen molar-refractivity contribution in [2.75, 3.05) is 5.32 Å². The molecule has 2 fully saturated rings. The Balaban J connectivity index is 1.55. The Kier molecular flexibility index (Phi) is 3.95. The van der Waals surface area contributed by atoms with E-state index in [0.717, 1.165) is 17.4 Å². The number of primary amides is 1. The zero-order valence-electron chi connectivity index (χ0n) is 12.0. The number of hydrogen-bond donors (Lipinski definition) is 2. The van der Waals surface area contributed by atoms with Gasteiger partial charge >= 0.3 is 0 Å². The van der Waals surface area contributed by atoms with E-state index in [1.807, 2.05) is 12.1 Å². The summed E-state index contributed by atoms with van der Waals surface area (Å²) in [6, 6.07) is 8.75. The Morgan fingerprint density at radius 3 is 2.50 bits per heavy atom. The summed E-state index contributed by atoms with van der Waals surface area (Å²) < 4.78 is 0. The summed E-state index contributed by atoms with van der Waals surface area (Å²) >= 11 is 0. The molecule has 3 rings (SSSR count). The van der Waals surface area contributed by atoms with E-state index in [1.165, 1.54) is 44.2 Å². The van der Waals surface area contributed by atoms with Gasteiger partial charge < -0.3 is 11.1 Å². The molecule has 0 heterocycles. The molecule has 2 atom stereocenters. The SMILES string of the molecule is NC(=O)Cc1ccc(NC2CCCC(C3CC3)C2)cc1. The van der Waals surface area contributed by atoms with Crippen LogP contribution in [0.4, 0.5) is 5.69 Å². The van der Waals surface area contributed by atoms with Crippen molar-refractivity contribution < 1.29 is 4.79 Å². The van der Waals surface area contributed by atoms with E-state index >= 15 is 0 Å². The highest BCUT2D eigenvalue weighted by Crippen LogP contribution is 2.44. The van der Waals surface area contributed by atoms with Crippen molar-refractivity contribution in [1.29, 1.82) is 0 Å². The molecule has 0 aromatic heterocycles. The number of anilines is 1. The average Bonchev–Trinajstić information content (AvgIpc) is 3.25. The van der Waals surface area contributed by atoms with Crippen molar-refractivity contribution in [2.24, 2.45) is 17.6 Å². The fraction of sp³-hybridized carbons (Fsp3) is 0.588. The molecule has 3 N–H and O–H groups in total. The number of amides is 1. The molecule has 0 bridgehead atoms. The van der Waals surface area contributed by atoms with Crippen LogP contribution in [0, 0.1) is 11.8 Å². The van der Waals surface area contributed by atoms with Crippen molar-refractivity contribution in [1.82, 2.24) is 0 Å². The fourth-order valence-corrected chi connectivity index (χ4v) is 3.51. The lowest BCUT2D eigenvalue weighted by Crippen LogP contribution is -2.28. The highest BCUT2D eigenvalue weighted by atomic mass is 16.1. The maximum Gasteiger partial charge on any atom is 0.221 e. The first kappa shape index (κ1) is 13.5. The second kappa shape index (κ2) is 5.86. The molecule has 2 unspecified atom stereocenters. The standard InChI is InChI=1S/C17H24N2O/c18-17(20)10-12-4-8-15(9-5-12)19-16-3-1-2-14(11-16)13-6-7-13/h4-5,8-9,13-14,16,19H,1-3,6-7,10-11H2,(H2,18,20). The topological polar surface area (TPSA) is 55.1 Å². The van der Waals surface area contributed by atoms with Gasteiger partial charge in [0.2, 0.25) is 5.91 Å². The average molecular weight is 272 g/mol. The second-order valence-electron chi connectivity index (χ2n) is 6.45. The molecular weight excluding hydrogens is 248 g/mol. The molecule has 20 heavy (non-hydrogen) atoms. The van der Waals surface area contributed by atoms with Crippen LogP contribution in [-0.4, -0.2) is 11.9 Å². The molecule has 0 radical (unpaired) electrons. The van der Waals surface area contributed by atoms with Gasteiger partial charge in [-0.3, -0.25) is 4.79 Å². The third-order valence-electron chi connectivity index (χ3n) is 4.71. The largest absolute Gasteiger partial charge is 0.382 e. The second-order valence-corrected chi connectivity index (χ2v) is 6.45. The van der Waals surface area contributed by atoms with Gasteiger partial charge in [0, 0.05) is 11.7 Å². The molecule has 2 aliphatic rings. The summed E-state index contributed by atoms with van der Waals surface area (Å²) in [5, 5.41) is 3.66. The molecule has 2 aliphatic carbocycles. The zero-order valence-corrected chi connectivity index (χ0v) is 12.0. The number of nitrogens with one attached hydrogen (secondary N) is 1. The molecule has 108 valence electrons. The molecule has 0 aliphatic heterocycles. The minimum atomic E-state index is -0.273. The quantitative estimate of drug-likeness (QED) is 0.865. The van der Waals surface area contributed by atoms with E-state index in [1.54, 1.807) is 0 Å². The van der Waals surface area contributed by atoms with Crippen LogP contribution in [-0.2, 0) is 11.2 Å². The minimum Gasteiger partial charge on any atom is -0.382 e. The van der Waals surface area contributed by atoms with Gasteiger partial charge in [-0.2, -0.15) is 0 Å². The first-order valence-corrected chi connectivity index (χ1v) is 7.84. The maximum absolute atomic E-state index is 10.9. The maximum atomic E-state index is 10.9. The van der Waals surface area contributed by atoms with Crippen LogP contribution in [0.3, 0.4) is 0 Å². The van der Waals surface area contributed by atoms with Gasteiger partial charge in [-0.15, -0.1) is 0 Å². The molecular formula is C17H24N2O. The van der Waals surface area contributed by atoms with Gasteiger partial charge in [0.1, 0.15) is 0 Å². The molecule has 2 saturated carbocycles. The first-order valence-electron chi connectivity index (χ1n) is 7.84. The van der Waals surface area contributed by atoms with Crippen molar-refractivity contribution in [3.63, 3.8) is 0 Å². The van der Waals surface area contributed by atoms with Crippen LogP contribution in [0.15, 0.2) is 24.3 Å². The number of hydrogen-bond acceptors (Lipinski definition) is 2. The molecule has 1 aromatic carbocycles. The van der Waals surface area contributed by atoms with E-state index in [-0.39, 0.29) is 5.91 Å². The monoisotopic (exact) mass is 272 g/mol. The molecule has 3 heteroatoms. The van der Waals surface area contributed by atoms with E-state index in [4.69, 9.17) is 5.73 Å². The summed E-state index contributed by atoms with van der Waals surface area (Å²) in [6.07, 6.45) is 8.64. The third-order valence-corrected chi connectivity index (χ3v) is 4.71. The van der Waals surface area contributed by atoms with Crippen molar-refractivity contribution in [3.05, 3.63) is 29.8 Å². The van der Waals surface area contributed by atoms with E-state index in [9.17, 15) is 4.79 Å². The lowest BCUT2D eigenvalue weighted by molar-refractivity contribution is -0.117. The summed E-state index contributed by atoms with van der Waals surface area (Å²) in [5.41, 5.74) is 7.36. The Labute approximate surface area is 120 Å². The van der Waals surface area contributed by atoms with Crippen molar-refractivity contribution in [3.8, 4) is 0 Å². The molecule has 1 aromatic rings. The highest BCUT2D eigenvalue weighted by molar-refractivity contribution is 5.76. The third kappa shape index (κ3) is 3.53. The van der Waals surface area contributed by atoms with Crippen LogP contribution in [0.2, 0.25) is 0 Å². The van der Waals surface area contributed by atoms with Gasteiger partial charge in [0.05, 0.1) is 6.42 Å². The Morgan fingerprint density at radius 1 is 1.10 bits per heavy atom. The van der Waals surface area contributed by atoms with E-state index in [2.05, 4.69) is 17.4 Å². The number of carbonyl (C=O) groups is 1. The fourth-order valence-electron chi connectivity index (χ4n) is 3.51. The lowest BCUT2D eigenvalue weighted by atomic mass is 9.82. The van der Waals surface area contributed by atoms with E-state index in [0.29, 0.717) is 12.5 Å². The lowest BCUT2D eigenvalue weighted by Gasteiger charge is -2.30. The normalized spacial score (nSPS) is 26.2. The molecule has 0 saturated heterocycles. The summed E-state index contributed by atoms with van der Waals surface area (Å²) in [4.78, 5) is 10.9. The van der Waals surface area contributed by atoms with Crippen LogP contribution in [0.5, 0.6) is 0 Å². The van der Waals surface area contributed by atoms with E-state index < -0.39 is 0 Å². The Hall–Kier alpha value is -1.51. The Morgan fingerprint density at radius 2 is 1.85 bits per heavy atom. The number of benzene rings is 1. The molecule has 3 nitrogen and oxygen atoms in total. The zero-order chi connectivity index (χ0) is 13.9. The summed E-state index contributed by atoms with van der Waals surface area (Å²) in [6.45, 7) is 0. The van der Waals surface area contributed by atoms with Crippen LogP contribution in [0.25, 0.3) is 0 Å². The van der Waals surface area contributed by atoms with Gasteiger partial charge in [-0.25, -0.2) is 0 Å². The summed E-state index contributed by atoms with van der Waals surface area (Å²) in [7, 11) is 0. The molecule has 1 amide bonds. The predicted molar refractivity (Wildman–Crippen MR) is 81.4 cm³/mol. The number of carbonyl (C=O) groups excluding carboxylic acids is 1. The number of rotatable bonds is 5. The van der Waals surface area contributed by atoms with Crippen LogP contribution in [0.1, 0.15) is 44.1 Å². The van der Waals surface area contributed by atoms with Gasteiger partial charge in [-0.05, 0) is 55.2 Å². The van der Waals surface area contributed by atoms with Crippen molar-refractivity contribution >= 4 is 11.6 Å². The van der Waals surface area contributed by atoms with Crippen molar-refractivity contribution in [2.45, 2.75) is 51.0 Å². The molecule has 0 spiro atoms. The minimum absolute atomic E-state index is 0.273. The van der Waals surface area contributed by atoms with Gasteiger partial charge in [0.15, 0.2) is 0 Å². The van der Waals surface area contributed by atoms with Crippen LogP contribution < -0.4 is 11.1 Å². The Bertz CT molecular complexity index is 464.